The molecule has 1 saturated heterocycles. The number of rotatable bonds is 1. The highest BCUT2D eigenvalue weighted by atomic mass is 15.2. The van der Waals surface area contributed by atoms with E-state index in [2.05, 4.69) is 4.90 Å². The third kappa shape index (κ3) is 1.26. The van der Waals surface area contributed by atoms with Crippen molar-refractivity contribution in [2.45, 2.75) is 32.1 Å². The van der Waals surface area contributed by atoms with Crippen LogP contribution in [0.15, 0.2) is 0 Å². The molecule has 62 valence electrons. The third-order valence-corrected chi connectivity index (χ3v) is 2.94. The van der Waals surface area contributed by atoms with E-state index in [0.717, 1.165) is 18.9 Å². The van der Waals surface area contributed by atoms with E-state index in [1.165, 1.54) is 32.1 Å². The van der Waals surface area contributed by atoms with E-state index in [0.29, 0.717) is 5.92 Å². The Hall–Kier alpha value is -0.530. The Morgan fingerprint density at radius 1 is 1.09 bits per heavy atom. The van der Waals surface area contributed by atoms with Gasteiger partial charge in [-0.15, -0.1) is 0 Å². The SMILES string of the molecule is N=C(C1CCCC1)N1CCC1. The smallest absolute Gasteiger partial charge is 0.0989 e. The summed E-state index contributed by atoms with van der Waals surface area (Å²) >= 11 is 0. The maximum Gasteiger partial charge on any atom is 0.0989 e. The minimum absolute atomic E-state index is 0.621. The Balaban J connectivity index is 1.87. The summed E-state index contributed by atoms with van der Waals surface area (Å²) in [7, 11) is 0. The van der Waals surface area contributed by atoms with Crippen molar-refractivity contribution in [3.05, 3.63) is 0 Å². The van der Waals surface area contributed by atoms with E-state index in [1.807, 2.05) is 0 Å². The molecule has 0 radical (unpaired) electrons. The minimum Gasteiger partial charge on any atom is -0.360 e. The molecule has 0 atom stereocenters. The lowest BCUT2D eigenvalue weighted by atomic mass is 10.0. The predicted octanol–water partition coefficient (Wildman–Crippen LogP) is 1.86. The number of nitrogens with zero attached hydrogens (tertiary/aromatic N) is 1. The van der Waals surface area contributed by atoms with E-state index in [1.54, 1.807) is 0 Å². The molecule has 11 heavy (non-hydrogen) atoms. The summed E-state index contributed by atoms with van der Waals surface area (Å²) in [5, 5.41) is 7.87. The standard InChI is InChI=1S/C9H16N2/c10-9(11-6-3-7-11)8-4-1-2-5-8/h8,10H,1-7H2. The first-order valence-electron chi connectivity index (χ1n) is 4.71. The molecule has 0 aromatic rings. The van der Waals surface area contributed by atoms with Crippen molar-refractivity contribution in [1.29, 1.82) is 5.41 Å². The van der Waals surface area contributed by atoms with E-state index in [4.69, 9.17) is 5.41 Å². The molecule has 2 rings (SSSR count). The monoisotopic (exact) mass is 152 g/mol. The topological polar surface area (TPSA) is 27.1 Å². The second-order valence-corrected chi connectivity index (χ2v) is 3.71. The van der Waals surface area contributed by atoms with Crippen molar-refractivity contribution in [2.24, 2.45) is 5.92 Å². The van der Waals surface area contributed by atoms with Crippen molar-refractivity contribution < 1.29 is 0 Å². The van der Waals surface area contributed by atoms with Gasteiger partial charge in [0.2, 0.25) is 0 Å². The Bertz CT molecular complexity index is 155. The Kier molecular flexibility index (Phi) is 1.84. The van der Waals surface area contributed by atoms with Gasteiger partial charge in [0.1, 0.15) is 0 Å². The van der Waals surface area contributed by atoms with Crippen LogP contribution in [-0.2, 0) is 0 Å². The number of hydrogen-bond acceptors (Lipinski definition) is 1. The molecule has 1 saturated carbocycles. The lowest BCUT2D eigenvalue weighted by Gasteiger charge is -2.35. The Morgan fingerprint density at radius 2 is 1.73 bits per heavy atom. The fourth-order valence-electron chi connectivity index (χ4n) is 2.01. The van der Waals surface area contributed by atoms with Gasteiger partial charge >= 0.3 is 0 Å². The Labute approximate surface area is 68.1 Å². The van der Waals surface area contributed by atoms with Gasteiger partial charge in [0.05, 0.1) is 5.84 Å². The zero-order valence-corrected chi connectivity index (χ0v) is 6.97. The zero-order chi connectivity index (χ0) is 7.68. The molecule has 2 fully saturated rings. The minimum atomic E-state index is 0.621. The van der Waals surface area contributed by atoms with Gasteiger partial charge in [0.25, 0.3) is 0 Å². The molecule has 0 unspecified atom stereocenters. The summed E-state index contributed by atoms with van der Waals surface area (Å²) in [6, 6.07) is 0. The summed E-state index contributed by atoms with van der Waals surface area (Å²) in [5.74, 6) is 1.56. The van der Waals surface area contributed by atoms with E-state index >= 15 is 0 Å². The van der Waals surface area contributed by atoms with Crippen LogP contribution in [0.25, 0.3) is 0 Å². The van der Waals surface area contributed by atoms with Crippen molar-refractivity contribution in [3.8, 4) is 0 Å². The van der Waals surface area contributed by atoms with Crippen LogP contribution in [-0.4, -0.2) is 23.8 Å². The molecule has 0 bridgehead atoms. The van der Waals surface area contributed by atoms with Crippen molar-refractivity contribution >= 4 is 5.84 Å². The van der Waals surface area contributed by atoms with Gasteiger partial charge in [0.15, 0.2) is 0 Å². The molecule has 1 aliphatic carbocycles. The largest absolute Gasteiger partial charge is 0.360 e. The van der Waals surface area contributed by atoms with Crippen molar-refractivity contribution in [1.82, 2.24) is 4.90 Å². The van der Waals surface area contributed by atoms with Crippen molar-refractivity contribution in [2.75, 3.05) is 13.1 Å². The highest BCUT2D eigenvalue weighted by molar-refractivity contribution is 5.82. The molecule has 2 nitrogen and oxygen atoms in total. The highest BCUT2D eigenvalue weighted by Gasteiger charge is 2.26. The second-order valence-electron chi connectivity index (χ2n) is 3.71. The predicted molar refractivity (Wildman–Crippen MR) is 45.9 cm³/mol. The second kappa shape index (κ2) is 2.84. The molecular formula is C9H16N2. The molecular weight excluding hydrogens is 136 g/mol. The molecule has 0 aromatic carbocycles. The van der Waals surface area contributed by atoms with Crippen LogP contribution in [0, 0.1) is 11.3 Å². The maximum absolute atomic E-state index is 7.87. The van der Waals surface area contributed by atoms with Gasteiger partial charge in [-0.05, 0) is 19.3 Å². The summed E-state index contributed by atoms with van der Waals surface area (Å²) in [6.45, 7) is 2.30. The van der Waals surface area contributed by atoms with Gasteiger partial charge in [-0.25, -0.2) is 0 Å². The summed E-state index contributed by atoms with van der Waals surface area (Å²) in [4.78, 5) is 2.23. The number of likely N-dealkylation sites (tertiary alicyclic amines) is 1. The quantitative estimate of drug-likeness (QED) is 0.450. The van der Waals surface area contributed by atoms with Crippen LogP contribution in [0.2, 0.25) is 0 Å². The zero-order valence-electron chi connectivity index (χ0n) is 6.97. The van der Waals surface area contributed by atoms with Crippen LogP contribution in [0.5, 0.6) is 0 Å². The van der Waals surface area contributed by atoms with E-state index < -0.39 is 0 Å². The normalized spacial score (nSPS) is 25.3. The van der Waals surface area contributed by atoms with Crippen LogP contribution in [0.4, 0.5) is 0 Å². The van der Waals surface area contributed by atoms with Crippen LogP contribution < -0.4 is 0 Å². The van der Waals surface area contributed by atoms with E-state index in [-0.39, 0.29) is 0 Å². The van der Waals surface area contributed by atoms with Crippen LogP contribution in [0.1, 0.15) is 32.1 Å². The molecule has 0 amide bonds. The van der Waals surface area contributed by atoms with Gasteiger partial charge in [-0.1, -0.05) is 12.8 Å². The van der Waals surface area contributed by atoms with Gasteiger partial charge < -0.3 is 4.90 Å². The van der Waals surface area contributed by atoms with E-state index in [9.17, 15) is 0 Å². The first kappa shape index (κ1) is 7.14. The van der Waals surface area contributed by atoms with Crippen LogP contribution in [0.3, 0.4) is 0 Å². The first-order valence-corrected chi connectivity index (χ1v) is 4.71. The lowest BCUT2D eigenvalue weighted by molar-refractivity contribution is 0.282. The number of amidine groups is 1. The molecule has 2 heteroatoms. The number of nitrogens with one attached hydrogen (secondary N) is 1. The van der Waals surface area contributed by atoms with Gasteiger partial charge in [-0.2, -0.15) is 0 Å². The summed E-state index contributed by atoms with van der Waals surface area (Å²) in [6.07, 6.45) is 6.54. The molecule has 1 N–H and O–H groups in total. The lowest BCUT2D eigenvalue weighted by Crippen LogP contribution is -2.44. The fourth-order valence-corrected chi connectivity index (χ4v) is 2.01. The highest BCUT2D eigenvalue weighted by Crippen LogP contribution is 2.27. The molecule has 0 spiro atoms. The Morgan fingerprint density at radius 3 is 2.18 bits per heavy atom. The summed E-state index contributed by atoms with van der Waals surface area (Å²) in [5.41, 5.74) is 0. The third-order valence-electron chi connectivity index (χ3n) is 2.94. The van der Waals surface area contributed by atoms with Crippen molar-refractivity contribution in [3.63, 3.8) is 0 Å². The maximum atomic E-state index is 7.87. The summed E-state index contributed by atoms with van der Waals surface area (Å²) < 4.78 is 0. The molecule has 1 heterocycles. The van der Waals surface area contributed by atoms with Gasteiger partial charge in [0, 0.05) is 19.0 Å². The van der Waals surface area contributed by atoms with Gasteiger partial charge in [-0.3, -0.25) is 5.41 Å². The molecule has 0 aromatic heterocycles. The number of hydrogen-bond donors (Lipinski definition) is 1. The average molecular weight is 152 g/mol. The molecule has 2 aliphatic rings. The molecule has 1 aliphatic heterocycles. The first-order chi connectivity index (χ1) is 5.38. The van der Waals surface area contributed by atoms with Crippen LogP contribution >= 0.6 is 0 Å². The fraction of sp³-hybridized carbons (Fsp3) is 0.889. The average Bonchev–Trinajstić information content (AvgIpc) is 2.32.